The van der Waals surface area contributed by atoms with Crippen LogP contribution in [0.15, 0.2) is 11.6 Å². The van der Waals surface area contributed by atoms with E-state index in [1.165, 1.54) is 0 Å². The SMILES string of the molecule is CCC(COC)NC(C)(CC)c1nccs1. The maximum atomic E-state index is 5.22. The van der Waals surface area contributed by atoms with Gasteiger partial charge < -0.3 is 10.1 Å². The molecule has 0 bridgehead atoms. The molecule has 0 spiro atoms. The molecule has 1 aromatic heterocycles. The van der Waals surface area contributed by atoms with E-state index in [0.29, 0.717) is 6.04 Å². The van der Waals surface area contributed by atoms with Crippen LogP contribution in [0.3, 0.4) is 0 Å². The van der Waals surface area contributed by atoms with Crippen LogP contribution in [0, 0.1) is 0 Å². The van der Waals surface area contributed by atoms with Crippen LogP contribution in [0.1, 0.15) is 38.6 Å². The van der Waals surface area contributed by atoms with Gasteiger partial charge in [-0.1, -0.05) is 13.8 Å². The molecule has 1 N–H and O–H groups in total. The van der Waals surface area contributed by atoms with Crippen LogP contribution in [0.2, 0.25) is 0 Å². The Labute approximate surface area is 102 Å². The van der Waals surface area contributed by atoms with Gasteiger partial charge in [-0.25, -0.2) is 4.98 Å². The number of methoxy groups -OCH3 is 1. The highest BCUT2D eigenvalue weighted by Crippen LogP contribution is 2.27. The van der Waals surface area contributed by atoms with Crippen molar-refractivity contribution < 1.29 is 4.74 Å². The van der Waals surface area contributed by atoms with Crippen LogP contribution in [0.5, 0.6) is 0 Å². The number of hydrogen-bond acceptors (Lipinski definition) is 4. The van der Waals surface area contributed by atoms with Gasteiger partial charge in [0.1, 0.15) is 5.01 Å². The molecule has 3 nitrogen and oxygen atoms in total. The molecular weight excluding hydrogens is 220 g/mol. The molecule has 4 heteroatoms. The summed E-state index contributed by atoms with van der Waals surface area (Å²) in [5.41, 5.74) is -0.0344. The Morgan fingerprint density at radius 1 is 1.56 bits per heavy atom. The molecule has 0 saturated heterocycles. The van der Waals surface area contributed by atoms with E-state index in [4.69, 9.17) is 4.74 Å². The second-order valence-electron chi connectivity index (χ2n) is 4.23. The third-order valence-corrected chi connectivity index (χ3v) is 4.03. The van der Waals surface area contributed by atoms with Crippen molar-refractivity contribution in [3.8, 4) is 0 Å². The molecule has 2 atom stereocenters. The lowest BCUT2D eigenvalue weighted by Crippen LogP contribution is -2.47. The van der Waals surface area contributed by atoms with Crippen LogP contribution in [-0.4, -0.2) is 24.7 Å². The van der Waals surface area contributed by atoms with Gasteiger partial charge >= 0.3 is 0 Å². The minimum absolute atomic E-state index is 0.0344. The Morgan fingerprint density at radius 2 is 2.31 bits per heavy atom. The topological polar surface area (TPSA) is 34.1 Å². The number of nitrogens with zero attached hydrogens (tertiary/aromatic N) is 1. The highest BCUT2D eigenvalue weighted by atomic mass is 32.1. The van der Waals surface area contributed by atoms with Gasteiger partial charge in [-0.05, 0) is 19.8 Å². The standard InChI is InChI=1S/C12H22N2OS/c1-5-10(9-15-4)14-12(3,6-2)11-13-7-8-16-11/h7-8,10,14H,5-6,9H2,1-4H3. The molecule has 1 aromatic rings. The fraction of sp³-hybridized carbons (Fsp3) is 0.750. The lowest BCUT2D eigenvalue weighted by atomic mass is 9.98. The smallest absolute Gasteiger partial charge is 0.112 e. The van der Waals surface area contributed by atoms with E-state index in [9.17, 15) is 0 Å². The second-order valence-corrected chi connectivity index (χ2v) is 5.12. The molecule has 92 valence electrons. The maximum absolute atomic E-state index is 5.22. The average Bonchev–Trinajstić information content (AvgIpc) is 2.82. The highest BCUT2D eigenvalue weighted by molar-refractivity contribution is 7.09. The van der Waals surface area contributed by atoms with E-state index in [1.54, 1.807) is 18.4 Å². The zero-order valence-electron chi connectivity index (χ0n) is 10.6. The minimum atomic E-state index is -0.0344. The summed E-state index contributed by atoms with van der Waals surface area (Å²) in [5.74, 6) is 0. The Bertz CT molecular complexity index is 289. The van der Waals surface area contributed by atoms with Crippen molar-refractivity contribution >= 4 is 11.3 Å². The predicted molar refractivity (Wildman–Crippen MR) is 68.8 cm³/mol. The molecule has 0 aromatic carbocycles. The van der Waals surface area contributed by atoms with E-state index >= 15 is 0 Å². The third-order valence-electron chi connectivity index (χ3n) is 2.99. The van der Waals surface area contributed by atoms with Crippen LogP contribution >= 0.6 is 11.3 Å². The number of hydrogen-bond donors (Lipinski definition) is 1. The second kappa shape index (κ2) is 6.33. The molecule has 2 unspecified atom stereocenters. The summed E-state index contributed by atoms with van der Waals surface area (Å²) in [5, 5.41) is 6.84. The first-order valence-corrected chi connectivity index (χ1v) is 6.70. The van der Waals surface area contributed by atoms with Crippen molar-refractivity contribution in [3.63, 3.8) is 0 Å². The molecule has 0 radical (unpaired) electrons. The number of nitrogens with one attached hydrogen (secondary N) is 1. The lowest BCUT2D eigenvalue weighted by molar-refractivity contribution is 0.143. The van der Waals surface area contributed by atoms with Gasteiger partial charge in [-0.15, -0.1) is 11.3 Å². The largest absolute Gasteiger partial charge is 0.383 e. The van der Waals surface area contributed by atoms with Crippen LogP contribution in [0.4, 0.5) is 0 Å². The summed E-state index contributed by atoms with van der Waals surface area (Å²) in [6, 6.07) is 0.388. The first-order valence-electron chi connectivity index (χ1n) is 5.82. The molecule has 0 amide bonds. The fourth-order valence-corrected chi connectivity index (χ4v) is 2.56. The molecule has 0 aliphatic carbocycles. The van der Waals surface area contributed by atoms with Gasteiger partial charge in [0.2, 0.25) is 0 Å². The summed E-state index contributed by atoms with van der Waals surface area (Å²) in [4.78, 5) is 4.42. The summed E-state index contributed by atoms with van der Waals surface area (Å²) in [6.07, 6.45) is 3.96. The molecule has 16 heavy (non-hydrogen) atoms. The Hall–Kier alpha value is -0.450. The Kier molecular flexibility index (Phi) is 5.38. The van der Waals surface area contributed by atoms with E-state index in [-0.39, 0.29) is 5.54 Å². The summed E-state index contributed by atoms with van der Waals surface area (Å²) >= 11 is 1.71. The summed E-state index contributed by atoms with van der Waals surface area (Å²) in [7, 11) is 1.75. The fourth-order valence-electron chi connectivity index (χ4n) is 1.72. The normalized spacial score (nSPS) is 17.0. The van der Waals surface area contributed by atoms with Gasteiger partial charge in [0, 0.05) is 24.7 Å². The molecule has 0 fully saturated rings. The summed E-state index contributed by atoms with van der Waals surface area (Å²) in [6.45, 7) is 7.32. The van der Waals surface area contributed by atoms with Crippen molar-refractivity contribution in [2.45, 2.75) is 45.2 Å². The molecular formula is C12H22N2OS. The average molecular weight is 242 g/mol. The van der Waals surface area contributed by atoms with E-state index in [0.717, 1.165) is 24.5 Å². The van der Waals surface area contributed by atoms with Gasteiger partial charge in [-0.2, -0.15) is 0 Å². The van der Waals surface area contributed by atoms with Crippen LogP contribution < -0.4 is 5.32 Å². The Morgan fingerprint density at radius 3 is 2.75 bits per heavy atom. The van der Waals surface area contributed by atoms with Crippen molar-refractivity contribution in [2.75, 3.05) is 13.7 Å². The predicted octanol–water partition coefficient (Wildman–Crippen LogP) is 2.78. The molecule has 0 saturated carbocycles. The van der Waals surface area contributed by atoms with Crippen molar-refractivity contribution in [1.29, 1.82) is 0 Å². The number of ether oxygens (including phenoxy) is 1. The molecule has 1 heterocycles. The number of rotatable bonds is 7. The van der Waals surface area contributed by atoms with Crippen molar-refractivity contribution in [3.05, 3.63) is 16.6 Å². The van der Waals surface area contributed by atoms with Crippen molar-refractivity contribution in [2.24, 2.45) is 0 Å². The van der Waals surface area contributed by atoms with Crippen molar-refractivity contribution in [1.82, 2.24) is 10.3 Å². The highest BCUT2D eigenvalue weighted by Gasteiger charge is 2.29. The van der Waals surface area contributed by atoms with E-state index in [1.807, 2.05) is 11.6 Å². The molecule has 0 aliphatic rings. The van der Waals surface area contributed by atoms with Gasteiger partial charge in [0.25, 0.3) is 0 Å². The van der Waals surface area contributed by atoms with E-state index in [2.05, 4.69) is 31.1 Å². The Balaban J connectivity index is 2.73. The first kappa shape index (κ1) is 13.6. The summed E-state index contributed by atoms with van der Waals surface area (Å²) < 4.78 is 5.22. The monoisotopic (exact) mass is 242 g/mol. The zero-order chi connectivity index (χ0) is 12.0. The quantitative estimate of drug-likeness (QED) is 0.798. The maximum Gasteiger partial charge on any atom is 0.112 e. The number of thiazole rings is 1. The molecule has 1 rings (SSSR count). The van der Waals surface area contributed by atoms with Gasteiger partial charge in [0.15, 0.2) is 0 Å². The van der Waals surface area contributed by atoms with Crippen LogP contribution in [0.25, 0.3) is 0 Å². The van der Waals surface area contributed by atoms with Gasteiger partial charge in [0.05, 0.1) is 12.1 Å². The number of aromatic nitrogens is 1. The zero-order valence-corrected chi connectivity index (χ0v) is 11.4. The first-order chi connectivity index (χ1) is 7.66. The van der Waals surface area contributed by atoms with Gasteiger partial charge in [-0.3, -0.25) is 0 Å². The third kappa shape index (κ3) is 3.27. The van der Waals surface area contributed by atoms with E-state index < -0.39 is 0 Å². The molecule has 0 aliphatic heterocycles. The minimum Gasteiger partial charge on any atom is -0.383 e. The lowest BCUT2D eigenvalue weighted by Gasteiger charge is -2.32. The van der Waals surface area contributed by atoms with Crippen LogP contribution in [-0.2, 0) is 10.3 Å².